The minimum Gasteiger partial charge on any atom is -0.507 e. The maximum absolute atomic E-state index is 11.3. The van der Waals surface area contributed by atoms with E-state index >= 15 is 0 Å². The van der Waals surface area contributed by atoms with Crippen LogP contribution in [0.15, 0.2) is 16.6 Å². The highest BCUT2D eigenvalue weighted by molar-refractivity contribution is 9.10. The van der Waals surface area contributed by atoms with Crippen LogP contribution in [0.25, 0.3) is 0 Å². The van der Waals surface area contributed by atoms with Crippen molar-refractivity contribution in [2.75, 3.05) is 5.88 Å². The van der Waals surface area contributed by atoms with Gasteiger partial charge in [-0.05, 0) is 28.1 Å². The summed E-state index contributed by atoms with van der Waals surface area (Å²) in [6.07, 6.45) is 0. The molecule has 0 fully saturated rings. The Labute approximate surface area is 97.9 Å². The van der Waals surface area contributed by atoms with Crippen LogP contribution < -0.4 is 0 Å². The summed E-state index contributed by atoms with van der Waals surface area (Å²) in [5, 5.41) is 19.9. The number of halogens is 2. The van der Waals surface area contributed by atoms with Gasteiger partial charge in [-0.1, -0.05) is 0 Å². The zero-order valence-electron chi connectivity index (χ0n) is 7.24. The summed E-state index contributed by atoms with van der Waals surface area (Å²) in [5.41, 5.74) is -0.597. The van der Waals surface area contributed by atoms with Crippen LogP contribution in [0.3, 0.4) is 0 Å². The van der Waals surface area contributed by atoms with Crippen molar-refractivity contribution >= 4 is 39.0 Å². The molecule has 5 nitrogen and oxygen atoms in total. The second-order valence-corrected chi connectivity index (χ2v) is 3.67. The Kier molecular flexibility index (Phi) is 3.65. The Morgan fingerprint density at radius 2 is 2.20 bits per heavy atom. The van der Waals surface area contributed by atoms with Crippen molar-refractivity contribution < 1.29 is 14.8 Å². The maximum atomic E-state index is 11.3. The number of phenols is 1. The third-order valence-electron chi connectivity index (χ3n) is 1.70. The third-order valence-corrected chi connectivity index (χ3v) is 2.72. The number of ketones is 1. The molecule has 0 aliphatic carbocycles. The summed E-state index contributed by atoms with van der Waals surface area (Å²) >= 11 is 8.15. The summed E-state index contributed by atoms with van der Waals surface area (Å²) in [6, 6.07) is 2.36. The zero-order valence-corrected chi connectivity index (χ0v) is 9.58. The number of aromatic hydroxyl groups is 1. The lowest BCUT2D eigenvalue weighted by Crippen LogP contribution is -2.05. The van der Waals surface area contributed by atoms with E-state index in [9.17, 15) is 20.0 Å². The predicted molar refractivity (Wildman–Crippen MR) is 57.5 cm³/mol. The molecule has 0 radical (unpaired) electrons. The van der Waals surface area contributed by atoms with Crippen molar-refractivity contribution in [2.45, 2.75) is 0 Å². The molecule has 0 aromatic heterocycles. The van der Waals surface area contributed by atoms with Crippen LogP contribution >= 0.6 is 27.5 Å². The molecule has 80 valence electrons. The highest BCUT2D eigenvalue weighted by atomic mass is 79.9. The minimum atomic E-state index is -0.746. The summed E-state index contributed by atoms with van der Waals surface area (Å²) in [4.78, 5) is 21.2. The quantitative estimate of drug-likeness (QED) is 0.402. The molecule has 1 N–H and O–H groups in total. The molecule has 7 heteroatoms. The monoisotopic (exact) mass is 293 g/mol. The van der Waals surface area contributed by atoms with E-state index in [-0.39, 0.29) is 21.7 Å². The largest absolute Gasteiger partial charge is 0.507 e. The van der Waals surface area contributed by atoms with Crippen LogP contribution in [-0.4, -0.2) is 21.7 Å². The number of phenolic OH excluding ortho intramolecular Hbond substituents is 1. The van der Waals surface area contributed by atoms with Crippen molar-refractivity contribution in [1.29, 1.82) is 0 Å². The van der Waals surface area contributed by atoms with Gasteiger partial charge >= 0.3 is 0 Å². The Bertz CT molecular complexity index is 435. The number of hydrogen-bond acceptors (Lipinski definition) is 4. The van der Waals surface area contributed by atoms with E-state index in [2.05, 4.69) is 15.9 Å². The van der Waals surface area contributed by atoms with Gasteiger partial charge in [-0.2, -0.15) is 0 Å². The number of alkyl halides is 1. The van der Waals surface area contributed by atoms with Crippen molar-refractivity contribution in [3.8, 4) is 5.75 Å². The molecule has 0 bridgehead atoms. The fourth-order valence-electron chi connectivity index (χ4n) is 1.03. The summed E-state index contributed by atoms with van der Waals surface area (Å²) in [7, 11) is 0. The Hall–Kier alpha value is -1.14. The fourth-order valence-corrected chi connectivity index (χ4v) is 1.66. The first-order valence-electron chi connectivity index (χ1n) is 3.74. The molecule has 0 saturated carbocycles. The Balaban J connectivity index is 3.46. The molecule has 0 spiro atoms. The van der Waals surface area contributed by atoms with Gasteiger partial charge in [-0.15, -0.1) is 11.6 Å². The van der Waals surface area contributed by atoms with Gasteiger partial charge in [0.25, 0.3) is 5.69 Å². The number of nitro benzene ring substituents is 1. The highest BCUT2D eigenvalue weighted by Crippen LogP contribution is 2.36. The molecule has 1 aromatic rings. The van der Waals surface area contributed by atoms with Crippen LogP contribution in [0.1, 0.15) is 10.4 Å². The molecular weight excluding hydrogens is 289 g/mol. The van der Waals surface area contributed by atoms with E-state index in [1.165, 1.54) is 12.1 Å². The molecule has 0 aliphatic rings. The lowest BCUT2D eigenvalue weighted by molar-refractivity contribution is -0.386. The predicted octanol–water partition coefficient (Wildman–Crippen LogP) is 2.48. The average molecular weight is 294 g/mol. The molecule has 1 rings (SSSR count). The van der Waals surface area contributed by atoms with Gasteiger partial charge in [0.15, 0.2) is 5.78 Å². The van der Waals surface area contributed by atoms with Crippen molar-refractivity contribution in [3.63, 3.8) is 0 Å². The fraction of sp³-hybridized carbons (Fsp3) is 0.125. The third kappa shape index (κ3) is 2.27. The van der Waals surface area contributed by atoms with E-state index in [4.69, 9.17) is 11.6 Å². The lowest BCUT2D eigenvalue weighted by atomic mass is 10.1. The topological polar surface area (TPSA) is 80.4 Å². The number of nitrogens with zero attached hydrogens (tertiary/aromatic N) is 1. The van der Waals surface area contributed by atoms with E-state index in [1.807, 2.05) is 0 Å². The number of carbonyl (C=O) groups excluding carboxylic acids is 1. The molecule has 1 aromatic carbocycles. The van der Waals surface area contributed by atoms with Crippen LogP contribution in [0.5, 0.6) is 5.75 Å². The molecule has 15 heavy (non-hydrogen) atoms. The SMILES string of the molecule is O=C(CCl)c1ccc(O)c(Br)c1[N+](=O)[O-]. The second-order valence-electron chi connectivity index (χ2n) is 2.61. The van der Waals surface area contributed by atoms with Gasteiger partial charge < -0.3 is 5.11 Å². The number of nitro groups is 1. The van der Waals surface area contributed by atoms with Crippen LogP contribution in [0.4, 0.5) is 5.69 Å². The minimum absolute atomic E-state index is 0.122. The van der Waals surface area contributed by atoms with Gasteiger partial charge in [-0.25, -0.2) is 0 Å². The van der Waals surface area contributed by atoms with Gasteiger partial charge in [0.2, 0.25) is 0 Å². The molecule has 0 saturated heterocycles. The van der Waals surface area contributed by atoms with Crippen LogP contribution in [0, 0.1) is 10.1 Å². The van der Waals surface area contributed by atoms with E-state index in [0.717, 1.165) is 0 Å². The number of benzene rings is 1. The van der Waals surface area contributed by atoms with E-state index in [0.29, 0.717) is 0 Å². The molecule has 0 aliphatic heterocycles. The first-order valence-corrected chi connectivity index (χ1v) is 5.06. The van der Waals surface area contributed by atoms with Gasteiger partial charge in [0, 0.05) is 0 Å². The number of carbonyl (C=O) groups is 1. The van der Waals surface area contributed by atoms with Gasteiger partial charge in [0.05, 0.1) is 16.4 Å². The summed E-state index contributed by atoms with van der Waals surface area (Å²) < 4.78 is -0.122. The molecule has 0 amide bonds. The zero-order chi connectivity index (χ0) is 11.6. The highest BCUT2D eigenvalue weighted by Gasteiger charge is 2.25. The lowest BCUT2D eigenvalue weighted by Gasteiger charge is -2.03. The van der Waals surface area contributed by atoms with Crippen molar-refractivity contribution in [3.05, 3.63) is 32.3 Å². The molecular formula is C8H5BrClNO4. The van der Waals surface area contributed by atoms with Crippen LogP contribution in [0.2, 0.25) is 0 Å². The smallest absolute Gasteiger partial charge is 0.298 e. The average Bonchev–Trinajstić information content (AvgIpc) is 2.20. The van der Waals surface area contributed by atoms with E-state index < -0.39 is 16.4 Å². The first kappa shape index (κ1) is 11.9. The molecule has 0 heterocycles. The van der Waals surface area contributed by atoms with Crippen LogP contribution in [-0.2, 0) is 0 Å². The second kappa shape index (κ2) is 4.59. The number of rotatable bonds is 3. The Morgan fingerprint density at radius 3 is 2.67 bits per heavy atom. The normalized spacial score (nSPS) is 10.0. The Morgan fingerprint density at radius 1 is 1.60 bits per heavy atom. The summed E-state index contributed by atoms with van der Waals surface area (Å²) in [5.74, 6) is -1.21. The van der Waals surface area contributed by atoms with E-state index in [1.54, 1.807) is 0 Å². The van der Waals surface area contributed by atoms with Crippen molar-refractivity contribution in [2.24, 2.45) is 0 Å². The standard InChI is InChI=1S/C8H5BrClNO4/c9-7-5(12)2-1-4(6(13)3-10)8(7)11(14)15/h1-2,12H,3H2. The van der Waals surface area contributed by atoms with Gasteiger partial charge in [0.1, 0.15) is 10.2 Å². The maximum Gasteiger partial charge on any atom is 0.298 e. The number of hydrogen-bond donors (Lipinski definition) is 1. The van der Waals surface area contributed by atoms with Gasteiger partial charge in [-0.3, -0.25) is 14.9 Å². The number of Topliss-reactive ketones (excluding diaryl/α,β-unsaturated/α-hetero) is 1. The summed E-state index contributed by atoms with van der Waals surface area (Å²) in [6.45, 7) is 0. The molecule has 0 unspecified atom stereocenters. The van der Waals surface area contributed by atoms with Crippen molar-refractivity contribution in [1.82, 2.24) is 0 Å². The first-order chi connectivity index (χ1) is 6.99. The molecule has 0 atom stereocenters.